The maximum Gasteiger partial charge on any atom is 0.417 e. The summed E-state index contributed by atoms with van der Waals surface area (Å²) in [6.45, 7) is 7.73. The fourth-order valence-electron chi connectivity index (χ4n) is 4.22. The highest BCUT2D eigenvalue weighted by atomic mass is 35.5. The van der Waals surface area contributed by atoms with Gasteiger partial charge in [-0.2, -0.15) is 13.2 Å². The van der Waals surface area contributed by atoms with Crippen LogP contribution in [0.3, 0.4) is 0 Å². The van der Waals surface area contributed by atoms with Crippen molar-refractivity contribution in [1.82, 2.24) is 15.2 Å². The smallest absolute Gasteiger partial charge is 0.417 e. The van der Waals surface area contributed by atoms with Crippen molar-refractivity contribution in [2.75, 3.05) is 44.2 Å². The molecule has 182 valence electrons. The van der Waals surface area contributed by atoms with Crippen LogP contribution in [0.4, 0.5) is 18.9 Å². The summed E-state index contributed by atoms with van der Waals surface area (Å²) in [5.74, 6) is 0.771. The molecule has 34 heavy (non-hydrogen) atoms. The molecular formula is C25H28ClF3N4O. The highest BCUT2D eigenvalue weighted by molar-refractivity contribution is 6.30. The Morgan fingerprint density at radius 2 is 1.74 bits per heavy atom. The van der Waals surface area contributed by atoms with E-state index in [4.69, 9.17) is 16.0 Å². The number of piperazine rings is 1. The Morgan fingerprint density at radius 3 is 2.44 bits per heavy atom. The topological polar surface area (TPSA) is 44.5 Å². The van der Waals surface area contributed by atoms with Crippen LogP contribution in [0.2, 0.25) is 5.02 Å². The molecule has 0 saturated carbocycles. The first kappa shape index (κ1) is 24.6. The molecule has 0 aliphatic carbocycles. The summed E-state index contributed by atoms with van der Waals surface area (Å²) in [4.78, 5) is 9.14. The molecule has 2 heterocycles. The van der Waals surface area contributed by atoms with Gasteiger partial charge in [0.15, 0.2) is 0 Å². The van der Waals surface area contributed by atoms with Crippen LogP contribution >= 0.6 is 11.6 Å². The Kier molecular flexibility index (Phi) is 7.80. The Morgan fingerprint density at radius 1 is 1.03 bits per heavy atom. The highest BCUT2D eigenvalue weighted by Crippen LogP contribution is 2.37. The number of aryl methyl sites for hydroxylation is 1. The Bertz CT molecular complexity index is 1080. The van der Waals surface area contributed by atoms with Gasteiger partial charge in [-0.05, 0) is 56.8 Å². The number of nitrogens with one attached hydrogen (secondary N) is 1. The van der Waals surface area contributed by atoms with Crippen molar-refractivity contribution in [3.05, 3.63) is 70.8 Å². The highest BCUT2D eigenvalue weighted by Gasteiger charge is 2.34. The van der Waals surface area contributed by atoms with E-state index >= 15 is 0 Å². The van der Waals surface area contributed by atoms with Gasteiger partial charge in [-0.3, -0.25) is 4.90 Å². The molecular weight excluding hydrogens is 465 g/mol. The van der Waals surface area contributed by atoms with Gasteiger partial charge in [-0.15, -0.1) is 0 Å². The Balaban J connectivity index is 1.21. The van der Waals surface area contributed by atoms with Crippen LogP contribution in [0, 0.1) is 6.92 Å². The van der Waals surface area contributed by atoms with Gasteiger partial charge in [0.05, 0.1) is 12.1 Å². The summed E-state index contributed by atoms with van der Waals surface area (Å²) in [7, 11) is 0. The second kappa shape index (κ2) is 10.8. The zero-order chi connectivity index (χ0) is 24.1. The van der Waals surface area contributed by atoms with Crippen LogP contribution in [-0.4, -0.2) is 49.2 Å². The van der Waals surface area contributed by atoms with Gasteiger partial charge in [0.25, 0.3) is 0 Å². The molecule has 0 unspecified atom stereocenters. The second-order valence-electron chi connectivity index (χ2n) is 8.39. The molecule has 0 bridgehead atoms. The van der Waals surface area contributed by atoms with Gasteiger partial charge in [-0.25, -0.2) is 4.98 Å². The molecule has 1 aromatic heterocycles. The minimum atomic E-state index is -4.44. The van der Waals surface area contributed by atoms with E-state index in [1.807, 2.05) is 12.1 Å². The third-order valence-corrected chi connectivity index (χ3v) is 6.25. The normalized spacial score (nSPS) is 15.1. The minimum absolute atomic E-state index is 0.0419. The molecule has 1 aliphatic rings. The maximum atomic E-state index is 13.4. The first-order valence-corrected chi connectivity index (χ1v) is 11.8. The molecule has 1 N–H and O–H groups in total. The third kappa shape index (κ3) is 6.11. The predicted molar refractivity (Wildman–Crippen MR) is 128 cm³/mol. The van der Waals surface area contributed by atoms with Crippen LogP contribution in [-0.2, 0) is 12.7 Å². The van der Waals surface area contributed by atoms with Gasteiger partial charge in [0, 0.05) is 42.5 Å². The van der Waals surface area contributed by atoms with E-state index in [1.165, 1.54) is 17.8 Å². The fourth-order valence-corrected chi connectivity index (χ4v) is 4.34. The van der Waals surface area contributed by atoms with Crippen molar-refractivity contribution in [3.8, 4) is 11.3 Å². The van der Waals surface area contributed by atoms with Crippen LogP contribution in [0.15, 0.2) is 52.9 Å². The van der Waals surface area contributed by atoms with Crippen molar-refractivity contribution in [1.29, 1.82) is 0 Å². The molecule has 1 aliphatic heterocycles. The van der Waals surface area contributed by atoms with Crippen LogP contribution in [0.25, 0.3) is 11.3 Å². The van der Waals surface area contributed by atoms with E-state index in [2.05, 4.69) is 32.2 Å². The summed E-state index contributed by atoms with van der Waals surface area (Å²) in [5.41, 5.74) is 0.773. The molecule has 2 aromatic carbocycles. The van der Waals surface area contributed by atoms with E-state index in [0.29, 0.717) is 18.2 Å². The summed E-state index contributed by atoms with van der Waals surface area (Å²) in [6.07, 6.45) is -3.48. The average molecular weight is 493 g/mol. The molecule has 1 fully saturated rings. The van der Waals surface area contributed by atoms with Crippen molar-refractivity contribution >= 4 is 17.3 Å². The number of hydrogen-bond donors (Lipinski definition) is 1. The summed E-state index contributed by atoms with van der Waals surface area (Å²) < 4.78 is 45.7. The monoisotopic (exact) mass is 492 g/mol. The molecule has 4 rings (SSSR count). The molecule has 0 amide bonds. The summed E-state index contributed by atoms with van der Waals surface area (Å²) >= 11 is 5.97. The van der Waals surface area contributed by atoms with Crippen molar-refractivity contribution in [3.63, 3.8) is 0 Å². The minimum Gasteiger partial charge on any atom is -0.444 e. The number of benzene rings is 2. The number of alkyl halides is 3. The first-order chi connectivity index (χ1) is 16.3. The van der Waals surface area contributed by atoms with E-state index in [1.54, 1.807) is 13.0 Å². The van der Waals surface area contributed by atoms with E-state index in [9.17, 15) is 13.2 Å². The van der Waals surface area contributed by atoms with Gasteiger partial charge in [-0.1, -0.05) is 29.8 Å². The lowest BCUT2D eigenvalue weighted by Crippen LogP contribution is -2.46. The van der Waals surface area contributed by atoms with E-state index in [-0.39, 0.29) is 11.3 Å². The maximum absolute atomic E-state index is 13.4. The number of oxazole rings is 1. The zero-order valence-electron chi connectivity index (χ0n) is 19.0. The molecule has 9 heteroatoms. The summed E-state index contributed by atoms with van der Waals surface area (Å²) in [5, 5.41) is 4.04. The lowest BCUT2D eigenvalue weighted by atomic mass is 10.0. The SMILES string of the molecule is Cc1oc(CNCCCN2CCN(c3ccc(Cl)cc3)CC2)nc1-c1ccccc1C(F)(F)F. The standard InChI is InChI=1S/C25H28ClF3N4O/c1-18-24(21-5-2-3-6-22(21)25(27,28)29)31-23(34-18)17-30-11-4-12-32-13-15-33(16-14-32)20-9-7-19(26)8-10-20/h2-3,5-10,30H,4,11-17H2,1H3. The lowest BCUT2D eigenvalue weighted by molar-refractivity contribution is -0.137. The first-order valence-electron chi connectivity index (χ1n) is 11.4. The zero-order valence-corrected chi connectivity index (χ0v) is 19.8. The Labute approximate surface area is 202 Å². The van der Waals surface area contributed by atoms with Crippen LogP contribution < -0.4 is 10.2 Å². The average Bonchev–Trinajstić information content (AvgIpc) is 3.19. The van der Waals surface area contributed by atoms with Crippen molar-refractivity contribution in [2.45, 2.75) is 26.1 Å². The fraction of sp³-hybridized carbons (Fsp3) is 0.400. The molecule has 1 saturated heterocycles. The van der Waals surface area contributed by atoms with Crippen LogP contribution in [0.5, 0.6) is 0 Å². The van der Waals surface area contributed by atoms with Gasteiger partial charge in [0.1, 0.15) is 11.5 Å². The summed E-state index contributed by atoms with van der Waals surface area (Å²) in [6, 6.07) is 13.4. The van der Waals surface area contributed by atoms with Crippen LogP contribution in [0.1, 0.15) is 23.6 Å². The lowest BCUT2D eigenvalue weighted by Gasteiger charge is -2.36. The quantitative estimate of drug-likeness (QED) is 0.413. The predicted octanol–water partition coefficient (Wildman–Crippen LogP) is 5.62. The van der Waals surface area contributed by atoms with E-state index < -0.39 is 11.7 Å². The van der Waals surface area contributed by atoms with Gasteiger partial charge in [0.2, 0.25) is 5.89 Å². The molecule has 0 radical (unpaired) electrons. The number of anilines is 1. The third-order valence-electron chi connectivity index (χ3n) is 6.00. The molecule has 3 aromatic rings. The number of nitrogens with zero attached hydrogens (tertiary/aromatic N) is 3. The number of aromatic nitrogens is 1. The number of hydrogen-bond acceptors (Lipinski definition) is 5. The van der Waals surface area contributed by atoms with Crippen molar-refractivity contribution < 1.29 is 17.6 Å². The number of rotatable bonds is 8. The molecule has 0 spiro atoms. The number of halogens is 4. The molecule has 0 atom stereocenters. The van der Waals surface area contributed by atoms with Crippen molar-refractivity contribution in [2.24, 2.45) is 0 Å². The largest absolute Gasteiger partial charge is 0.444 e. The van der Waals surface area contributed by atoms with Gasteiger partial charge < -0.3 is 14.6 Å². The molecule has 5 nitrogen and oxygen atoms in total. The van der Waals surface area contributed by atoms with E-state index in [0.717, 1.165) is 56.8 Å². The van der Waals surface area contributed by atoms with Gasteiger partial charge >= 0.3 is 6.18 Å². The second-order valence-corrected chi connectivity index (χ2v) is 8.83. The Hall–Kier alpha value is -2.55.